The summed E-state index contributed by atoms with van der Waals surface area (Å²) in [7, 11) is 1.56. The number of aromatic nitrogens is 1. The summed E-state index contributed by atoms with van der Waals surface area (Å²) < 4.78 is 64.4. The van der Waals surface area contributed by atoms with Crippen molar-refractivity contribution in [1.82, 2.24) is 15.4 Å². The maximum atomic E-state index is 13.8. The third-order valence-electron chi connectivity index (χ3n) is 7.53. The topological polar surface area (TPSA) is 83.9 Å². The van der Waals surface area contributed by atoms with Gasteiger partial charge < -0.3 is 9.47 Å². The number of likely N-dealkylation sites (tertiary alicyclic amines) is 1. The van der Waals surface area contributed by atoms with E-state index in [2.05, 4.69) is 4.98 Å². The van der Waals surface area contributed by atoms with Gasteiger partial charge in [-0.15, -0.1) is 0 Å². The Morgan fingerprint density at radius 1 is 1.13 bits per heavy atom. The molecule has 2 N–H and O–H groups in total. The first-order valence-corrected chi connectivity index (χ1v) is 12.7. The van der Waals surface area contributed by atoms with E-state index < -0.39 is 35.4 Å². The zero-order valence-corrected chi connectivity index (χ0v) is 21.6. The number of piperidine rings is 1. The normalized spacial score (nSPS) is 15.3. The van der Waals surface area contributed by atoms with Crippen LogP contribution < -0.4 is 15.0 Å². The highest BCUT2D eigenvalue weighted by Crippen LogP contribution is 2.38. The van der Waals surface area contributed by atoms with Crippen LogP contribution in [0, 0.1) is 22.9 Å². The van der Waals surface area contributed by atoms with Crippen LogP contribution in [0.25, 0.3) is 10.9 Å². The molecule has 1 aliphatic rings. The summed E-state index contributed by atoms with van der Waals surface area (Å²) in [6.45, 7) is 0.963. The number of hydrogen-bond donors (Lipinski definition) is 2. The first-order valence-electron chi connectivity index (χ1n) is 12.7. The van der Waals surface area contributed by atoms with Crippen molar-refractivity contribution in [3.8, 4) is 11.5 Å². The van der Waals surface area contributed by atoms with Gasteiger partial charge in [0.25, 0.3) is 0 Å². The minimum absolute atomic E-state index is 0.105. The molecule has 0 spiro atoms. The highest BCUT2D eigenvalue weighted by molar-refractivity contribution is 5.84. The Bertz CT molecular complexity index is 1290. The smallest absolute Gasteiger partial charge is 0.249 e. The molecule has 1 saturated heterocycles. The maximum Gasteiger partial charge on any atom is 0.249 e. The van der Waals surface area contributed by atoms with Crippen molar-refractivity contribution in [3.05, 3.63) is 65.1 Å². The van der Waals surface area contributed by atoms with Gasteiger partial charge in [0.05, 0.1) is 18.0 Å². The number of benzene rings is 2. The van der Waals surface area contributed by atoms with Crippen molar-refractivity contribution < 1.29 is 37.0 Å². The minimum atomic E-state index is -1.55. The lowest BCUT2D eigenvalue weighted by Crippen LogP contribution is -2.49. The second kappa shape index (κ2) is 12.6. The average molecular weight is 550 g/mol. The minimum Gasteiger partial charge on any atom is -0.497 e. The van der Waals surface area contributed by atoms with Gasteiger partial charge in [0.1, 0.15) is 24.8 Å². The molecule has 0 aliphatic carbocycles. The number of methoxy groups -OCH3 is 1. The van der Waals surface area contributed by atoms with Crippen LogP contribution in [0.2, 0.25) is 0 Å². The van der Waals surface area contributed by atoms with Gasteiger partial charge in [-0.05, 0) is 69.0 Å². The second-order valence-corrected chi connectivity index (χ2v) is 9.74. The first-order chi connectivity index (χ1) is 18.8. The molecule has 1 aliphatic heterocycles. The molecule has 2 aromatic carbocycles. The lowest BCUT2D eigenvalue weighted by atomic mass is 9.73. The predicted octanol–water partition coefficient (Wildman–Crippen LogP) is 5.12. The van der Waals surface area contributed by atoms with Crippen molar-refractivity contribution in [2.75, 3.05) is 33.4 Å². The Morgan fingerprint density at radius 2 is 1.85 bits per heavy atom. The molecule has 0 radical (unpaired) electrons. The number of halogens is 4. The molecule has 1 fully saturated rings. The molecule has 210 valence electrons. The van der Waals surface area contributed by atoms with Crippen LogP contribution in [0.3, 0.4) is 0 Å². The Hall–Kier alpha value is -3.44. The Morgan fingerprint density at radius 3 is 2.49 bits per heavy atom. The summed E-state index contributed by atoms with van der Waals surface area (Å²) >= 11 is 0. The van der Waals surface area contributed by atoms with E-state index in [1.807, 2.05) is 22.5 Å². The van der Waals surface area contributed by atoms with Gasteiger partial charge in [-0.3, -0.25) is 19.9 Å². The third-order valence-corrected chi connectivity index (χ3v) is 7.53. The molecule has 0 saturated carbocycles. The van der Waals surface area contributed by atoms with Crippen LogP contribution in [0.5, 0.6) is 11.5 Å². The second-order valence-electron chi connectivity index (χ2n) is 9.74. The van der Waals surface area contributed by atoms with Gasteiger partial charge in [-0.25, -0.2) is 23.0 Å². The van der Waals surface area contributed by atoms with Crippen molar-refractivity contribution >= 4 is 16.8 Å². The van der Waals surface area contributed by atoms with E-state index in [0.717, 1.165) is 28.6 Å². The van der Waals surface area contributed by atoms with Crippen LogP contribution in [0.15, 0.2) is 36.5 Å². The number of nitrogens with one attached hydrogen (secondary N) is 1. The number of alkyl halides is 1. The number of amides is 1. The zero-order valence-electron chi connectivity index (χ0n) is 21.6. The van der Waals surface area contributed by atoms with Gasteiger partial charge >= 0.3 is 0 Å². The number of rotatable bonds is 11. The van der Waals surface area contributed by atoms with Crippen LogP contribution in [-0.2, 0) is 17.9 Å². The molecule has 0 unspecified atom stereocenters. The van der Waals surface area contributed by atoms with E-state index in [0.29, 0.717) is 63.1 Å². The van der Waals surface area contributed by atoms with Crippen molar-refractivity contribution in [3.63, 3.8) is 0 Å². The average Bonchev–Trinajstić information content (AvgIpc) is 2.96. The van der Waals surface area contributed by atoms with Crippen molar-refractivity contribution in [2.45, 2.75) is 38.8 Å². The largest absolute Gasteiger partial charge is 0.497 e. The first kappa shape index (κ1) is 28.6. The standard InChI is InChI=1S/C28H31F4N3O4/c1-38-19-4-5-25-22(13-19)21(18(16-29)17-33-25)3-2-6-28(27(36)34-37)7-9-35(10-8-28)11-12-39-20-14-23(30)26(32)24(31)15-20/h4-5,13-15,17,37H,2-3,6-12,16H2,1H3,(H,34,36). The highest BCUT2D eigenvalue weighted by atomic mass is 19.2. The highest BCUT2D eigenvalue weighted by Gasteiger charge is 2.40. The zero-order chi connectivity index (χ0) is 28.0. The van der Waals surface area contributed by atoms with Crippen LogP contribution in [0.1, 0.15) is 36.8 Å². The predicted molar refractivity (Wildman–Crippen MR) is 136 cm³/mol. The van der Waals surface area contributed by atoms with Gasteiger partial charge in [0.15, 0.2) is 17.5 Å². The Labute approximate surface area is 223 Å². The van der Waals surface area contributed by atoms with Gasteiger partial charge in [0.2, 0.25) is 5.91 Å². The van der Waals surface area contributed by atoms with Gasteiger partial charge in [0, 0.05) is 35.8 Å². The van der Waals surface area contributed by atoms with E-state index in [4.69, 9.17) is 9.47 Å². The maximum absolute atomic E-state index is 13.8. The molecule has 11 heteroatoms. The fraction of sp³-hybridized carbons (Fsp3) is 0.429. The van der Waals surface area contributed by atoms with Crippen LogP contribution >= 0.6 is 0 Å². The van der Waals surface area contributed by atoms with Crippen molar-refractivity contribution in [2.24, 2.45) is 5.41 Å². The number of pyridine rings is 1. The van der Waals surface area contributed by atoms with Gasteiger partial charge in [-0.1, -0.05) is 0 Å². The molecule has 0 atom stereocenters. The number of carbonyl (C=O) groups is 1. The number of hydrogen-bond acceptors (Lipinski definition) is 6. The molecule has 0 bridgehead atoms. The van der Waals surface area contributed by atoms with Crippen molar-refractivity contribution in [1.29, 1.82) is 0 Å². The number of carbonyl (C=O) groups excluding carboxylic acids is 1. The third kappa shape index (κ3) is 6.42. The summed E-state index contributed by atoms with van der Waals surface area (Å²) in [5.74, 6) is -4.10. The van der Waals surface area contributed by atoms with E-state index in [-0.39, 0.29) is 12.4 Å². The molecule has 3 aromatic rings. The fourth-order valence-electron chi connectivity index (χ4n) is 5.23. The molecule has 39 heavy (non-hydrogen) atoms. The SMILES string of the molecule is COc1ccc2ncc(CF)c(CCCC3(C(=O)NO)CCN(CCOc4cc(F)c(F)c(F)c4)CC3)c2c1. The quantitative estimate of drug-likeness (QED) is 0.150. The molecular weight excluding hydrogens is 518 g/mol. The molecular formula is C28H31F4N3O4. The van der Waals surface area contributed by atoms with Crippen LogP contribution in [-0.4, -0.2) is 54.3 Å². The van der Waals surface area contributed by atoms with E-state index in [1.165, 1.54) is 6.20 Å². The summed E-state index contributed by atoms with van der Waals surface area (Å²) in [4.78, 5) is 19.1. The number of ether oxygens (including phenoxy) is 2. The lowest BCUT2D eigenvalue weighted by Gasteiger charge is -2.40. The number of aryl methyl sites for hydroxylation is 1. The van der Waals surface area contributed by atoms with E-state index in [1.54, 1.807) is 13.2 Å². The summed E-state index contributed by atoms with van der Waals surface area (Å²) in [5, 5.41) is 10.3. The summed E-state index contributed by atoms with van der Waals surface area (Å²) in [6.07, 6.45) is 4.07. The molecule has 4 rings (SSSR count). The summed E-state index contributed by atoms with van der Waals surface area (Å²) in [6, 6.07) is 7.04. The lowest BCUT2D eigenvalue weighted by molar-refractivity contribution is -0.143. The van der Waals surface area contributed by atoms with Gasteiger partial charge in [-0.2, -0.15) is 0 Å². The van der Waals surface area contributed by atoms with Crippen LogP contribution in [0.4, 0.5) is 17.6 Å². The monoisotopic (exact) mass is 549 g/mol. The number of fused-ring (bicyclic) bond motifs is 1. The Balaban J connectivity index is 1.37. The Kier molecular flexibility index (Phi) is 9.24. The molecule has 7 nitrogen and oxygen atoms in total. The molecule has 1 amide bonds. The van der Waals surface area contributed by atoms with E-state index >= 15 is 0 Å². The van der Waals surface area contributed by atoms with E-state index in [9.17, 15) is 27.6 Å². The molecule has 1 aromatic heterocycles. The summed E-state index contributed by atoms with van der Waals surface area (Å²) in [5.41, 5.74) is 3.06. The number of hydroxylamine groups is 1. The number of nitrogens with zero attached hydrogens (tertiary/aromatic N) is 2. The molecule has 2 heterocycles. The fourth-order valence-corrected chi connectivity index (χ4v) is 5.23.